The third-order valence-electron chi connectivity index (χ3n) is 5.45. The van der Waals surface area contributed by atoms with Crippen LogP contribution in [0, 0.1) is 5.82 Å². The van der Waals surface area contributed by atoms with E-state index in [0.29, 0.717) is 22.6 Å². The standard InChI is InChI=1S/C24H19ClFNO4/c1-31-16-11-9-15(10-12-16)22(28)13-24(30)18-5-2-3-8-21(18)27(23(24)29)14-17-19(25)6-4-7-20(17)26/h2-12,30H,13-14H2,1H3. The van der Waals surface area contributed by atoms with Crippen LogP contribution in [0.4, 0.5) is 10.1 Å². The number of anilines is 1. The molecule has 1 N–H and O–H groups in total. The third kappa shape index (κ3) is 3.69. The molecule has 1 atom stereocenters. The van der Waals surface area contributed by atoms with Gasteiger partial charge in [-0.1, -0.05) is 35.9 Å². The molecule has 7 heteroatoms. The lowest BCUT2D eigenvalue weighted by molar-refractivity contribution is -0.136. The summed E-state index contributed by atoms with van der Waals surface area (Å²) in [5, 5.41) is 11.5. The van der Waals surface area contributed by atoms with Gasteiger partial charge in [0, 0.05) is 21.7 Å². The Balaban J connectivity index is 1.68. The lowest BCUT2D eigenvalue weighted by Crippen LogP contribution is -2.41. The van der Waals surface area contributed by atoms with E-state index in [2.05, 4.69) is 0 Å². The predicted molar refractivity (Wildman–Crippen MR) is 115 cm³/mol. The number of nitrogens with zero attached hydrogens (tertiary/aromatic N) is 1. The van der Waals surface area contributed by atoms with Gasteiger partial charge in [0.25, 0.3) is 5.91 Å². The number of fused-ring (bicyclic) bond motifs is 1. The van der Waals surface area contributed by atoms with Crippen LogP contribution >= 0.6 is 11.6 Å². The predicted octanol–water partition coefficient (Wildman–Crippen LogP) is 4.50. The Bertz CT molecular complexity index is 1140. The Morgan fingerprint density at radius 3 is 2.48 bits per heavy atom. The van der Waals surface area contributed by atoms with Crippen molar-refractivity contribution in [3.63, 3.8) is 0 Å². The average molecular weight is 440 g/mol. The molecule has 0 spiro atoms. The smallest absolute Gasteiger partial charge is 0.264 e. The Kier molecular flexibility index (Phi) is 5.52. The zero-order valence-corrected chi connectivity index (χ0v) is 17.4. The molecular formula is C24H19ClFNO4. The lowest BCUT2D eigenvalue weighted by Gasteiger charge is -2.23. The van der Waals surface area contributed by atoms with Crippen LogP contribution in [0.2, 0.25) is 5.02 Å². The maximum Gasteiger partial charge on any atom is 0.264 e. The van der Waals surface area contributed by atoms with Gasteiger partial charge in [0.15, 0.2) is 11.4 Å². The molecule has 0 saturated heterocycles. The maximum atomic E-state index is 14.3. The van der Waals surface area contributed by atoms with Crippen molar-refractivity contribution in [2.24, 2.45) is 0 Å². The maximum absolute atomic E-state index is 14.3. The number of para-hydroxylation sites is 1. The zero-order chi connectivity index (χ0) is 22.2. The van der Waals surface area contributed by atoms with Crippen molar-refractivity contribution in [2.75, 3.05) is 12.0 Å². The molecule has 5 nitrogen and oxygen atoms in total. The molecule has 0 fully saturated rings. The highest BCUT2D eigenvalue weighted by Gasteiger charge is 2.51. The fourth-order valence-electron chi connectivity index (χ4n) is 3.79. The van der Waals surface area contributed by atoms with E-state index in [-0.39, 0.29) is 17.1 Å². The zero-order valence-electron chi connectivity index (χ0n) is 16.6. The molecule has 1 heterocycles. The fraction of sp³-hybridized carbons (Fsp3) is 0.167. The largest absolute Gasteiger partial charge is 0.497 e. The minimum Gasteiger partial charge on any atom is -0.497 e. The highest BCUT2D eigenvalue weighted by atomic mass is 35.5. The molecule has 158 valence electrons. The van der Waals surface area contributed by atoms with Gasteiger partial charge in [0.05, 0.1) is 25.8 Å². The molecule has 3 aromatic rings. The van der Waals surface area contributed by atoms with Gasteiger partial charge in [0.1, 0.15) is 11.6 Å². The Hall–Kier alpha value is -3.22. The molecule has 3 aromatic carbocycles. The number of aliphatic hydroxyl groups is 1. The number of hydrogen-bond donors (Lipinski definition) is 1. The molecule has 1 unspecified atom stereocenters. The van der Waals surface area contributed by atoms with E-state index in [4.69, 9.17) is 16.3 Å². The number of hydrogen-bond acceptors (Lipinski definition) is 4. The summed E-state index contributed by atoms with van der Waals surface area (Å²) in [6.45, 7) is -0.166. The molecular weight excluding hydrogens is 421 g/mol. The Morgan fingerprint density at radius 2 is 1.81 bits per heavy atom. The highest BCUT2D eigenvalue weighted by Crippen LogP contribution is 2.44. The second-order valence-electron chi connectivity index (χ2n) is 7.30. The number of ether oxygens (including phenoxy) is 1. The van der Waals surface area contributed by atoms with Gasteiger partial charge in [-0.3, -0.25) is 9.59 Å². The molecule has 1 aliphatic rings. The summed E-state index contributed by atoms with van der Waals surface area (Å²) in [7, 11) is 1.52. The van der Waals surface area contributed by atoms with Crippen molar-refractivity contribution in [2.45, 2.75) is 18.6 Å². The van der Waals surface area contributed by atoms with Crippen LogP contribution in [0.25, 0.3) is 0 Å². The van der Waals surface area contributed by atoms with E-state index in [9.17, 15) is 19.1 Å². The number of benzene rings is 3. The molecule has 0 radical (unpaired) electrons. The van der Waals surface area contributed by atoms with Crippen LogP contribution in [0.15, 0.2) is 66.7 Å². The first-order valence-corrected chi connectivity index (χ1v) is 9.97. The molecule has 0 saturated carbocycles. The van der Waals surface area contributed by atoms with Crippen molar-refractivity contribution in [3.05, 3.63) is 94.3 Å². The fourth-order valence-corrected chi connectivity index (χ4v) is 4.01. The average Bonchev–Trinajstić information content (AvgIpc) is 2.98. The summed E-state index contributed by atoms with van der Waals surface area (Å²) in [5.41, 5.74) is -0.870. The van der Waals surface area contributed by atoms with Crippen molar-refractivity contribution in [1.82, 2.24) is 0 Å². The van der Waals surface area contributed by atoms with E-state index < -0.39 is 29.5 Å². The normalized spacial score (nSPS) is 17.5. The molecule has 31 heavy (non-hydrogen) atoms. The summed E-state index contributed by atoms with van der Waals surface area (Å²) in [6.07, 6.45) is -0.448. The van der Waals surface area contributed by atoms with Gasteiger partial charge in [-0.05, 0) is 42.5 Å². The Morgan fingerprint density at radius 1 is 1.10 bits per heavy atom. The van der Waals surface area contributed by atoms with Gasteiger partial charge in [-0.2, -0.15) is 0 Å². The van der Waals surface area contributed by atoms with Gasteiger partial charge < -0.3 is 14.7 Å². The molecule has 0 aromatic heterocycles. The van der Waals surface area contributed by atoms with Crippen molar-refractivity contribution in [3.8, 4) is 5.75 Å². The first-order valence-electron chi connectivity index (χ1n) is 9.59. The van der Waals surface area contributed by atoms with Gasteiger partial charge >= 0.3 is 0 Å². The number of carbonyl (C=O) groups excluding carboxylic acids is 2. The number of methoxy groups -OCH3 is 1. The van der Waals surface area contributed by atoms with Crippen molar-refractivity contribution >= 4 is 29.0 Å². The number of amides is 1. The van der Waals surface area contributed by atoms with Crippen LogP contribution in [-0.4, -0.2) is 23.9 Å². The van der Waals surface area contributed by atoms with E-state index in [1.54, 1.807) is 48.5 Å². The number of rotatable bonds is 6. The van der Waals surface area contributed by atoms with Crippen LogP contribution in [-0.2, 0) is 16.9 Å². The van der Waals surface area contributed by atoms with E-state index >= 15 is 0 Å². The highest BCUT2D eigenvalue weighted by molar-refractivity contribution is 6.31. The van der Waals surface area contributed by atoms with E-state index in [1.807, 2.05) is 0 Å². The minimum atomic E-state index is -2.06. The first-order chi connectivity index (χ1) is 14.8. The summed E-state index contributed by atoms with van der Waals surface area (Å²) < 4.78 is 19.4. The van der Waals surface area contributed by atoms with Gasteiger partial charge in [0.2, 0.25) is 0 Å². The Labute approximate surface area is 183 Å². The van der Waals surface area contributed by atoms with Gasteiger partial charge in [-0.25, -0.2) is 4.39 Å². The topological polar surface area (TPSA) is 66.8 Å². The number of Topliss-reactive ketones (excluding diaryl/α,β-unsaturated/α-hetero) is 1. The van der Waals surface area contributed by atoms with Crippen molar-refractivity contribution in [1.29, 1.82) is 0 Å². The molecule has 1 amide bonds. The molecule has 4 rings (SSSR count). The lowest BCUT2D eigenvalue weighted by atomic mass is 9.88. The molecule has 1 aliphatic heterocycles. The summed E-state index contributed by atoms with van der Waals surface area (Å²) in [5.74, 6) is -1.07. The van der Waals surface area contributed by atoms with E-state index in [0.717, 1.165) is 0 Å². The first kappa shape index (κ1) is 21.0. The molecule has 0 bridgehead atoms. The van der Waals surface area contributed by atoms with Crippen LogP contribution in [0.1, 0.15) is 27.9 Å². The summed E-state index contributed by atoms with van der Waals surface area (Å²) in [6, 6.07) is 17.3. The number of halogens is 2. The minimum absolute atomic E-state index is 0.137. The second-order valence-corrected chi connectivity index (χ2v) is 7.70. The van der Waals surface area contributed by atoms with Gasteiger partial charge in [-0.15, -0.1) is 0 Å². The number of ketones is 1. The monoisotopic (exact) mass is 439 g/mol. The number of carbonyl (C=O) groups is 2. The summed E-state index contributed by atoms with van der Waals surface area (Å²) >= 11 is 6.14. The SMILES string of the molecule is COc1ccc(C(=O)CC2(O)C(=O)N(Cc3c(F)cccc3Cl)c3ccccc32)cc1. The van der Waals surface area contributed by atoms with Crippen molar-refractivity contribution < 1.29 is 23.8 Å². The van der Waals surface area contributed by atoms with Crippen LogP contribution in [0.3, 0.4) is 0 Å². The molecule has 0 aliphatic carbocycles. The quantitative estimate of drug-likeness (QED) is 0.574. The van der Waals surface area contributed by atoms with Crippen LogP contribution in [0.5, 0.6) is 5.75 Å². The third-order valence-corrected chi connectivity index (χ3v) is 5.80. The second kappa shape index (κ2) is 8.13. The summed E-state index contributed by atoms with van der Waals surface area (Å²) in [4.78, 5) is 27.5. The van der Waals surface area contributed by atoms with E-state index in [1.165, 1.54) is 30.2 Å². The van der Waals surface area contributed by atoms with Crippen LogP contribution < -0.4 is 9.64 Å².